The Hall–Kier alpha value is -3.22. The van der Waals surface area contributed by atoms with Crippen molar-refractivity contribution in [2.24, 2.45) is 0 Å². The molecule has 128 valence electrons. The van der Waals surface area contributed by atoms with E-state index >= 15 is 0 Å². The molecule has 0 atom stereocenters. The van der Waals surface area contributed by atoms with Crippen LogP contribution in [0.5, 0.6) is 5.75 Å². The van der Waals surface area contributed by atoms with E-state index in [0.29, 0.717) is 12.2 Å². The zero-order chi connectivity index (χ0) is 18.0. The van der Waals surface area contributed by atoms with E-state index in [2.05, 4.69) is 4.98 Å². The monoisotopic (exact) mass is 341 g/mol. The Morgan fingerprint density at radius 3 is 2.76 bits per heavy atom. The maximum Gasteiger partial charge on any atom is 0.307 e. The molecule has 0 fully saturated rings. The van der Waals surface area contributed by atoms with E-state index in [0.717, 1.165) is 22.5 Å². The van der Waals surface area contributed by atoms with Gasteiger partial charge < -0.3 is 9.64 Å². The number of fused-ring (bicyclic) bond motifs is 1. The maximum atomic E-state index is 13.8. The average Bonchev–Trinajstić information content (AvgIpc) is 2.61. The molecule has 3 rings (SSSR count). The Morgan fingerprint density at radius 2 is 2.04 bits per heavy atom. The molecule has 25 heavy (non-hydrogen) atoms. The standard InChI is InChI=1S/C18H16FN3O3/c1-21(11-13-6-3-5-12-7-4-8-20-18(12)13)16-10-15(22(23)24)14(19)9-17(16)25-2/h3-10H,11H2,1-2H3. The van der Waals surface area contributed by atoms with Crippen LogP contribution in [0.2, 0.25) is 0 Å². The maximum absolute atomic E-state index is 13.8. The molecule has 2 aromatic carbocycles. The minimum Gasteiger partial charge on any atom is -0.494 e. The van der Waals surface area contributed by atoms with Gasteiger partial charge in [0.15, 0.2) is 0 Å². The lowest BCUT2D eigenvalue weighted by Gasteiger charge is -2.22. The van der Waals surface area contributed by atoms with E-state index in [1.54, 1.807) is 18.1 Å². The van der Waals surface area contributed by atoms with Crippen molar-refractivity contribution in [1.82, 2.24) is 4.98 Å². The number of nitrogens with zero attached hydrogens (tertiary/aromatic N) is 3. The van der Waals surface area contributed by atoms with Gasteiger partial charge in [0.2, 0.25) is 5.82 Å². The first-order chi connectivity index (χ1) is 12.0. The number of methoxy groups -OCH3 is 1. The third kappa shape index (κ3) is 3.21. The Labute approximate surface area is 143 Å². The molecule has 0 amide bonds. The third-order valence-corrected chi connectivity index (χ3v) is 3.98. The molecule has 0 aliphatic rings. The van der Waals surface area contributed by atoms with Gasteiger partial charge in [-0.05, 0) is 11.6 Å². The molecule has 0 bridgehead atoms. The highest BCUT2D eigenvalue weighted by molar-refractivity contribution is 5.82. The van der Waals surface area contributed by atoms with E-state index in [9.17, 15) is 14.5 Å². The SMILES string of the molecule is COc1cc(F)c([N+](=O)[O-])cc1N(C)Cc1cccc2cccnc12. The van der Waals surface area contributed by atoms with Crippen LogP contribution in [-0.4, -0.2) is 24.1 Å². The van der Waals surface area contributed by atoms with Crippen molar-refractivity contribution in [3.05, 3.63) is 70.2 Å². The molecule has 0 aliphatic heterocycles. The first-order valence-corrected chi connectivity index (χ1v) is 7.57. The summed E-state index contributed by atoms with van der Waals surface area (Å²) in [5.41, 5.74) is 1.66. The zero-order valence-corrected chi connectivity index (χ0v) is 13.8. The summed E-state index contributed by atoms with van der Waals surface area (Å²) in [5.74, 6) is -0.690. The fourth-order valence-electron chi connectivity index (χ4n) is 2.77. The second kappa shape index (κ2) is 6.72. The molecule has 3 aromatic rings. The number of nitro groups is 1. The summed E-state index contributed by atoms with van der Waals surface area (Å²) in [6.45, 7) is 0.438. The van der Waals surface area contributed by atoms with Crippen molar-refractivity contribution >= 4 is 22.3 Å². The van der Waals surface area contributed by atoms with Gasteiger partial charge in [-0.15, -0.1) is 0 Å². The van der Waals surface area contributed by atoms with E-state index in [1.807, 2.05) is 30.3 Å². The number of para-hydroxylation sites is 1. The average molecular weight is 341 g/mol. The van der Waals surface area contributed by atoms with Crippen LogP contribution in [0.25, 0.3) is 10.9 Å². The van der Waals surface area contributed by atoms with Crippen molar-refractivity contribution in [1.29, 1.82) is 0 Å². The van der Waals surface area contributed by atoms with E-state index in [4.69, 9.17) is 4.74 Å². The van der Waals surface area contributed by atoms with Crippen LogP contribution >= 0.6 is 0 Å². The zero-order valence-electron chi connectivity index (χ0n) is 13.8. The van der Waals surface area contributed by atoms with Gasteiger partial charge in [0, 0.05) is 37.3 Å². The smallest absolute Gasteiger partial charge is 0.307 e. The van der Waals surface area contributed by atoms with Crippen LogP contribution in [0.1, 0.15) is 5.56 Å². The molecular formula is C18H16FN3O3. The highest BCUT2D eigenvalue weighted by Gasteiger charge is 2.21. The highest BCUT2D eigenvalue weighted by Crippen LogP contribution is 2.35. The molecule has 0 saturated heterocycles. The number of aromatic nitrogens is 1. The van der Waals surface area contributed by atoms with Crippen LogP contribution in [0.3, 0.4) is 0 Å². The summed E-state index contributed by atoms with van der Waals surface area (Å²) in [4.78, 5) is 16.5. The largest absolute Gasteiger partial charge is 0.494 e. The van der Waals surface area contributed by atoms with Gasteiger partial charge in [-0.25, -0.2) is 0 Å². The number of anilines is 1. The van der Waals surface area contributed by atoms with Crippen LogP contribution in [0.15, 0.2) is 48.7 Å². The second-order valence-electron chi connectivity index (χ2n) is 5.58. The molecule has 0 saturated carbocycles. The molecule has 7 heteroatoms. The lowest BCUT2D eigenvalue weighted by atomic mass is 10.1. The normalized spacial score (nSPS) is 10.7. The minimum atomic E-state index is -0.925. The number of rotatable bonds is 5. The van der Waals surface area contributed by atoms with Crippen LogP contribution in [0.4, 0.5) is 15.8 Å². The summed E-state index contributed by atoms with van der Waals surface area (Å²) < 4.78 is 19.0. The Kier molecular flexibility index (Phi) is 4.47. The minimum absolute atomic E-state index is 0.235. The molecule has 0 spiro atoms. The number of hydrogen-bond donors (Lipinski definition) is 0. The van der Waals surface area contributed by atoms with Crippen molar-refractivity contribution < 1.29 is 14.1 Å². The number of nitro benzene ring substituents is 1. The lowest BCUT2D eigenvalue weighted by molar-refractivity contribution is -0.387. The van der Waals surface area contributed by atoms with Gasteiger partial charge in [-0.2, -0.15) is 4.39 Å². The molecule has 0 radical (unpaired) electrons. The third-order valence-electron chi connectivity index (χ3n) is 3.98. The number of pyridine rings is 1. The van der Waals surface area contributed by atoms with Crippen molar-refractivity contribution in [3.8, 4) is 5.75 Å². The predicted molar refractivity (Wildman–Crippen MR) is 93.5 cm³/mol. The van der Waals surface area contributed by atoms with Crippen molar-refractivity contribution in [3.63, 3.8) is 0 Å². The van der Waals surface area contributed by atoms with Crippen LogP contribution in [0, 0.1) is 15.9 Å². The quantitative estimate of drug-likeness (QED) is 0.519. The fraction of sp³-hybridized carbons (Fsp3) is 0.167. The molecule has 6 nitrogen and oxygen atoms in total. The van der Waals surface area contributed by atoms with Crippen LogP contribution < -0.4 is 9.64 Å². The Balaban J connectivity index is 2.01. The van der Waals surface area contributed by atoms with Gasteiger partial charge in [0.05, 0.1) is 23.2 Å². The topological polar surface area (TPSA) is 68.5 Å². The van der Waals surface area contributed by atoms with Crippen molar-refractivity contribution in [2.75, 3.05) is 19.1 Å². The van der Waals surface area contributed by atoms with Gasteiger partial charge >= 0.3 is 5.69 Å². The summed E-state index contributed by atoms with van der Waals surface area (Å²) in [5, 5.41) is 12.0. The summed E-state index contributed by atoms with van der Waals surface area (Å²) in [6.07, 6.45) is 1.72. The summed E-state index contributed by atoms with van der Waals surface area (Å²) in [7, 11) is 3.17. The van der Waals surface area contributed by atoms with Crippen LogP contribution in [-0.2, 0) is 6.54 Å². The molecule has 1 heterocycles. The molecule has 0 unspecified atom stereocenters. The molecular weight excluding hydrogens is 325 g/mol. The second-order valence-corrected chi connectivity index (χ2v) is 5.58. The van der Waals surface area contributed by atoms with E-state index in [1.165, 1.54) is 13.2 Å². The van der Waals surface area contributed by atoms with E-state index in [-0.39, 0.29) is 5.75 Å². The summed E-state index contributed by atoms with van der Waals surface area (Å²) in [6, 6.07) is 11.9. The first-order valence-electron chi connectivity index (χ1n) is 7.57. The predicted octanol–water partition coefficient (Wildman–Crippen LogP) is 3.93. The number of halogens is 1. The Morgan fingerprint density at radius 1 is 1.28 bits per heavy atom. The number of benzene rings is 2. The highest BCUT2D eigenvalue weighted by atomic mass is 19.1. The molecule has 0 N–H and O–H groups in total. The van der Waals surface area contributed by atoms with E-state index < -0.39 is 16.4 Å². The van der Waals surface area contributed by atoms with Gasteiger partial charge in [-0.1, -0.05) is 24.3 Å². The fourth-order valence-corrected chi connectivity index (χ4v) is 2.77. The number of ether oxygens (including phenoxy) is 1. The lowest BCUT2D eigenvalue weighted by Crippen LogP contribution is -2.18. The Bertz CT molecular complexity index is 941. The number of hydrogen-bond acceptors (Lipinski definition) is 5. The summed E-state index contributed by atoms with van der Waals surface area (Å²) >= 11 is 0. The van der Waals surface area contributed by atoms with Gasteiger partial charge in [-0.3, -0.25) is 15.1 Å². The first kappa shape index (κ1) is 16.6. The van der Waals surface area contributed by atoms with Gasteiger partial charge in [0.25, 0.3) is 0 Å². The molecule has 0 aliphatic carbocycles. The molecule has 1 aromatic heterocycles. The van der Waals surface area contributed by atoms with Gasteiger partial charge in [0.1, 0.15) is 5.75 Å². The van der Waals surface area contributed by atoms with Crippen molar-refractivity contribution in [2.45, 2.75) is 6.54 Å².